The van der Waals surface area contributed by atoms with Gasteiger partial charge in [-0.05, 0) is 39.0 Å². The minimum absolute atomic E-state index is 0.0469. The molecule has 30 heavy (non-hydrogen) atoms. The van der Waals surface area contributed by atoms with Crippen molar-refractivity contribution < 1.29 is 28.6 Å². The summed E-state index contributed by atoms with van der Waals surface area (Å²) in [5, 5.41) is 2.73. The summed E-state index contributed by atoms with van der Waals surface area (Å²) in [5.41, 5.74) is 4.54. The number of nitrogens with two attached hydrogens (primary N) is 1. The molecule has 1 amide bonds. The van der Waals surface area contributed by atoms with Crippen molar-refractivity contribution in [2.45, 2.75) is 32.3 Å². The van der Waals surface area contributed by atoms with E-state index in [1.165, 1.54) is 13.0 Å². The molecule has 0 saturated heterocycles. The fourth-order valence-corrected chi connectivity index (χ4v) is 4.00. The van der Waals surface area contributed by atoms with Crippen LogP contribution in [0.2, 0.25) is 0 Å². The zero-order chi connectivity index (χ0) is 22.2. The summed E-state index contributed by atoms with van der Waals surface area (Å²) in [5.74, 6) is -2.61. The van der Waals surface area contributed by atoms with E-state index in [1.54, 1.807) is 32.0 Å². The molecule has 0 fully saturated rings. The van der Waals surface area contributed by atoms with Crippen molar-refractivity contribution in [3.63, 3.8) is 0 Å². The zero-order valence-corrected chi connectivity index (χ0v) is 18.3. The van der Waals surface area contributed by atoms with E-state index in [-0.39, 0.29) is 29.4 Å². The normalized spacial score (nSPS) is 20.1. The number of carbonyl (C=O) groups excluding carboxylic acids is 3. The van der Waals surface area contributed by atoms with Crippen molar-refractivity contribution in [2.24, 2.45) is 5.73 Å². The third-order valence-electron chi connectivity index (χ3n) is 4.67. The molecule has 158 valence electrons. The molecule has 1 aromatic rings. The number of amides is 1. The Balaban J connectivity index is 2.35. The number of rotatable bonds is 5. The lowest BCUT2D eigenvalue weighted by Gasteiger charge is -2.35. The number of carbonyl (C=O) groups is 3. The van der Waals surface area contributed by atoms with E-state index in [9.17, 15) is 14.4 Å². The Morgan fingerprint density at radius 1 is 1.33 bits per heavy atom. The Kier molecular flexibility index (Phi) is 5.76. The van der Waals surface area contributed by atoms with E-state index in [4.69, 9.17) is 19.9 Å². The molecule has 0 unspecified atom stereocenters. The van der Waals surface area contributed by atoms with Crippen molar-refractivity contribution in [2.75, 3.05) is 11.9 Å². The molecule has 1 aromatic carbocycles. The summed E-state index contributed by atoms with van der Waals surface area (Å²) in [7, 11) is 0. The minimum Gasteiger partial charge on any atom is -0.459 e. The molecule has 0 saturated carbocycles. The third kappa shape index (κ3) is 3.28. The highest BCUT2D eigenvalue weighted by Crippen LogP contribution is 2.53. The van der Waals surface area contributed by atoms with E-state index in [0.717, 1.165) is 0 Å². The number of fused-ring (bicyclic) bond motifs is 2. The van der Waals surface area contributed by atoms with Crippen LogP contribution in [-0.2, 0) is 34.0 Å². The maximum absolute atomic E-state index is 13.5. The van der Waals surface area contributed by atoms with E-state index in [2.05, 4.69) is 27.8 Å². The van der Waals surface area contributed by atoms with Gasteiger partial charge in [-0.3, -0.25) is 4.79 Å². The predicted octanol–water partition coefficient (Wildman–Crippen LogP) is 2.79. The average Bonchev–Trinajstić information content (AvgIpc) is 2.91. The lowest BCUT2D eigenvalue weighted by atomic mass is 9.67. The first-order valence-electron chi connectivity index (χ1n) is 9.14. The van der Waals surface area contributed by atoms with Crippen molar-refractivity contribution in [3.8, 4) is 0 Å². The van der Waals surface area contributed by atoms with Crippen LogP contribution >= 0.6 is 15.9 Å². The van der Waals surface area contributed by atoms with Gasteiger partial charge in [0.25, 0.3) is 0 Å². The van der Waals surface area contributed by atoms with Gasteiger partial charge in [-0.1, -0.05) is 28.6 Å². The number of allylic oxidation sites excluding steroid dienone is 1. The predicted molar refractivity (Wildman–Crippen MR) is 112 cm³/mol. The maximum Gasteiger partial charge on any atom is 0.341 e. The second kappa shape index (κ2) is 7.98. The highest BCUT2D eigenvalue weighted by Gasteiger charge is 2.62. The highest BCUT2D eigenvalue weighted by atomic mass is 79.9. The van der Waals surface area contributed by atoms with E-state index >= 15 is 0 Å². The topological polar surface area (TPSA) is 117 Å². The molecule has 0 aromatic heterocycles. The van der Waals surface area contributed by atoms with Gasteiger partial charge in [0.15, 0.2) is 0 Å². The Bertz CT molecular complexity index is 1030. The molecule has 3 rings (SSSR count). The van der Waals surface area contributed by atoms with Gasteiger partial charge in [-0.25, -0.2) is 9.59 Å². The number of ether oxygens (including phenoxy) is 3. The standard InChI is InChI=1S/C21H21BrN2O6/c1-5-8-28-18(25)15-11(4)30-17(23)16(19(26)29-10(2)3)21(15)13-9-12(22)6-7-14(13)24-20(21)27/h5-7,9-10H,1,8,23H2,2-4H3,(H,24,27)/t21-/m0/s1. The highest BCUT2D eigenvalue weighted by molar-refractivity contribution is 9.10. The quantitative estimate of drug-likeness (QED) is 0.495. The summed E-state index contributed by atoms with van der Waals surface area (Å²) >= 11 is 3.38. The molecule has 0 aliphatic carbocycles. The molecule has 0 radical (unpaired) electrons. The third-order valence-corrected chi connectivity index (χ3v) is 5.16. The number of benzene rings is 1. The summed E-state index contributed by atoms with van der Waals surface area (Å²) < 4.78 is 16.7. The van der Waals surface area contributed by atoms with Crippen LogP contribution in [0.25, 0.3) is 0 Å². The average molecular weight is 477 g/mol. The van der Waals surface area contributed by atoms with Crippen molar-refractivity contribution >= 4 is 39.5 Å². The van der Waals surface area contributed by atoms with Crippen molar-refractivity contribution in [1.29, 1.82) is 0 Å². The van der Waals surface area contributed by atoms with Gasteiger partial charge in [0.1, 0.15) is 28.9 Å². The van der Waals surface area contributed by atoms with E-state index in [1.807, 2.05) is 0 Å². The smallest absolute Gasteiger partial charge is 0.341 e. The van der Waals surface area contributed by atoms with Gasteiger partial charge in [0, 0.05) is 15.7 Å². The summed E-state index contributed by atoms with van der Waals surface area (Å²) in [6.07, 6.45) is 0.895. The summed E-state index contributed by atoms with van der Waals surface area (Å²) in [6.45, 7) is 8.22. The van der Waals surface area contributed by atoms with Gasteiger partial charge in [-0.15, -0.1) is 0 Å². The summed E-state index contributed by atoms with van der Waals surface area (Å²) in [4.78, 5) is 39.6. The second-order valence-corrected chi connectivity index (χ2v) is 7.92. The lowest BCUT2D eigenvalue weighted by Crippen LogP contribution is -2.48. The zero-order valence-electron chi connectivity index (χ0n) is 16.7. The van der Waals surface area contributed by atoms with Crippen LogP contribution in [0.15, 0.2) is 58.1 Å². The number of anilines is 1. The van der Waals surface area contributed by atoms with Crippen molar-refractivity contribution in [1.82, 2.24) is 0 Å². The van der Waals surface area contributed by atoms with Crippen LogP contribution in [0.4, 0.5) is 5.69 Å². The van der Waals surface area contributed by atoms with Gasteiger partial charge in [0.2, 0.25) is 11.8 Å². The van der Waals surface area contributed by atoms with E-state index in [0.29, 0.717) is 15.7 Å². The Morgan fingerprint density at radius 3 is 2.67 bits per heavy atom. The Labute approximate surface area is 181 Å². The van der Waals surface area contributed by atoms with Crippen molar-refractivity contribution in [3.05, 3.63) is 63.7 Å². The molecular weight excluding hydrogens is 456 g/mol. The van der Waals surface area contributed by atoms with Crippen LogP contribution < -0.4 is 11.1 Å². The monoisotopic (exact) mass is 476 g/mol. The van der Waals surface area contributed by atoms with Crippen LogP contribution in [0.3, 0.4) is 0 Å². The van der Waals surface area contributed by atoms with Gasteiger partial charge < -0.3 is 25.3 Å². The van der Waals surface area contributed by atoms with Gasteiger partial charge in [0.05, 0.1) is 6.10 Å². The molecule has 8 nitrogen and oxygen atoms in total. The molecule has 2 heterocycles. The Hall–Kier alpha value is -3.07. The van der Waals surface area contributed by atoms with Gasteiger partial charge >= 0.3 is 11.9 Å². The summed E-state index contributed by atoms with van der Waals surface area (Å²) in [6, 6.07) is 5.02. The number of hydrogen-bond donors (Lipinski definition) is 2. The fourth-order valence-electron chi connectivity index (χ4n) is 3.64. The molecule has 3 N–H and O–H groups in total. The number of esters is 2. The number of nitrogens with one attached hydrogen (secondary N) is 1. The first-order chi connectivity index (χ1) is 14.1. The first-order valence-corrected chi connectivity index (χ1v) is 9.93. The SMILES string of the molecule is C=CCOC(=O)C1=C(C)OC(N)=C(C(=O)OC(C)C)[C@@]12C(=O)Nc1ccc(Br)cc12. The van der Waals surface area contributed by atoms with Crippen LogP contribution in [-0.4, -0.2) is 30.6 Å². The first kappa shape index (κ1) is 21.6. The van der Waals surface area contributed by atoms with Crippen LogP contribution in [0.5, 0.6) is 0 Å². The second-order valence-electron chi connectivity index (χ2n) is 7.01. The van der Waals surface area contributed by atoms with Gasteiger partial charge in [-0.2, -0.15) is 0 Å². The van der Waals surface area contributed by atoms with E-state index < -0.39 is 29.4 Å². The molecule has 1 spiro atoms. The number of halogens is 1. The maximum atomic E-state index is 13.5. The van der Waals surface area contributed by atoms with Crippen LogP contribution in [0.1, 0.15) is 26.3 Å². The fraction of sp³-hybridized carbons (Fsp3) is 0.286. The Morgan fingerprint density at radius 2 is 2.03 bits per heavy atom. The molecular formula is C21H21BrN2O6. The molecule has 9 heteroatoms. The molecule has 0 bridgehead atoms. The minimum atomic E-state index is -1.89. The van der Waals surface area contributed by atoms with Crippen LogP contribution in [0, 0.1) is 0 Å². The number of hydrogen-bond acceptors (Lipinski definition) is 7. The largest absolute Gasteiger partial charge is 0.459 e. The molecule has 2 aliphatic heterocycles. The molecule has 1 atom stereocenters. The lowest BCUT2D eigenvalue weighted by molar-refractivity contribution is -0.145. The molecule has 2 aliphatic rings.